The quantitative estimate of drug-likeness (QED) is 0.784. The van der Waals surface area contributed by atoms with Crippen LogP contribution in [0.4, 0.5) is 4.79 Å². The van der Waals surface area contributed by atoms with Gasteiger partial charge in [0.15, 0.2) is 0 Å². The van der Waals surface area contributed by atoms with E-state index in [4.69, 9.17) is 4.74 Å². The largest absolute Gasteiger partial charge is 0.374 e. The van der Waals surface area contributed by atoms with Crippen LogP contribution in [-0.2, 0) is 24.3 Å². The molecule has 2 heterocycles. The van der Waals surface area contributed by atoms with Gasteiger partial charge in [-0.2, -0.15) is 0 Å². The number of ether oxygens (including phenoxy) is 1. The van der Waals surface area contributed by atoms with Crippen molar-refractivity contribution in [3.05, 3.63) is 57.3 Å². The maximum absolute atomic E-state index is 12.8. The Morgan fingerprint density at radius 2 is 2.08 bits per heavy atom. The average Bonchev–Trinajstić information content (AvgIpc) is 3.13. The van der Waals surface area contributed by atoms with Gasteiger partial charge in [0, 0.05) is 18.0 Å². The average molecular weight is 373 g/mol. The molecule has 26 heavy (non-hydrogen) atoms. The normalized spacial score (nSPS) is 16.6. The molecule has 4 nitrogen and oxygen atoms in total. The van der Waals surface area contributed by atoms with Crippen molar-refractivity contribution in [2.24, 2.45) is 0 Å². The molecule has 1 N–H and O–H groups in total. The first-order valence-electron chi connectivity index (χ1n) is 9.39. The molecule has 0 saturated carbocycles. The van der Waals surface area contributed by atoms with Crippen molar-refractivity contribution in [1.29, 1.82) is 0 Å². The number of hydrogen-bond acceptors (Lipinski definition) is 3. The fraction of sp³-hybridized carbons (Fsp3) is 0.476. The first-order chi connectivity index (χ1) is 12.6. The maximum atomic E-state index is 12.8. The first kappa shape index (κ1) is 18.9. The summed E-state index contributed by atoms with van der Waals surface area (Å²) in [6.45, 7) is 8.10. The minimum absolute atomic E-state index is 0.0216. The standard InChI is InChI=1S/C21H28N2O2S/c1-4-19-18-10-12-26-20(18)9-11-23(19)21(24)22-13-16-7-5-6-8-17(16)14-25-15(2)3/h5-8,10,12,15,19H,4,9,11,13-14H2,1-3H3,(H,22,24). The van der Waals surface area contributed by atoms with E-state index >= 15 is 0 Å². The van der Waals surface area contributed by atoms with E-state index in [1.165, 1.54) is 10.4 Å². The van der Waals surface area contributed by atoms with E-state index in [2.05, 4.69) is 35.8 Å². The molecule has 0 spiro atoms. The third-order valence-electron chi connectivity index (χ3n) is 4.86. The lowest BCUT2D eigenvalue weighted by Gasteiger charge is -2.35. The summed E-state index contributed by atoms with van der Waals surface area (Å²) in [5, 5.41) is 5.26. The summed E-state index contributed by atoms with van der Waals surface area (Å²) in [4.78, 5) is 16.3. The van der Waals surface area contributed by atoms with Crippen molar-refractivity contribution in [3.8, 4) is 0 Å². The van der Waals surface area contributed by atoms with Crippen molar-refractivity contribution in [3.63, 3.8) is 0 Å². The summed E-state index contributed by atoms with van der Waals surface area (Å²) in [6, 6.07) is 10.5. The second-order valence-electron chi connectivity index (χ2n) is 6.95. The topological polar surface area (TPSA) is 41.6 Å². The number of urea groups is 1. The van der Waals surface area contributed by atoms with Crippen LogP contribution in [0.2, 0.25) is 0 Å². The second-order valence-corrected chi connectivity index (χ2v) is 7.95. The molecule has 1 aromatic heterocycles. The zero-order valence-electron chi connectivity index (χ0n) is 15.8. The predicted octanol–water partition coefficient (Wildman–Crippen LogP) is 4.89. The highest BCUT2D eigenvalue weighted by atomic mass is 32.1. The van der Waals surface area contributed by atoms with Crippen molar-refractivity contribution in [2.45, 2.75) is 58.9 Å². The zero-order valence-corrected chi connectivity index (χ0v) is 16.6. The Hall–Kier alpha value is -1.85. The number of carbonyl (C=O) groups is 1. The Bertz CT molecular complexity index is 741. The lowest BCUT2D eigenvalue weighted by molar-refractivity contribution is 0.0652. The molecular formula is C21H28N2O2S. The van der Waals surface area contributed by atoms with Crippen molar-refractivity contribution in [1.82, 2.24) is 10.2 Å². The van der Waals surface area contributed by atoms with Crippen LogP contribution in [0.3, 0.4) is 0 Å². The van der Waals surface area contributed by atoms with Gasteiger partial charge in [0.1, 0.15) is 0 Å². The van der Waals surface area contributed by atoms with Crippen molar-refractivity contribution < 1.29 is 9.53 Å². The summed E-state index contributed by atoms with van der Waals surface area (Å²) in [5.74, 6) is 0. The van der Waals surface area contributed by atoms with E-state index in [0.717, 1.165) is 30.5 Å². The fourth-order valence-corrected chi connectivity index (χ4v) is 4.41. The molecule has 0 aliphatic carbocycles. The van der Waals surface area contributed by atoms with Gasteiger partial charge in [0.25, 0.3) is 0 Å². The lowest BCUT2D eigenvalue weighted by Crippen LogP contribution is -2.45. The van der Waals surface area contributed by atoms with Gasteiger partial charge in [0.2, 0.25) is 0 Å². The van der Waals surface area contributed by atoms with E-state index in [-0.39, 0.29) is 18.2 Å². The van der Waals surface area contributed by atoms with Crippen LogP contribution in [0.15, 0.2) is 35.7 Å². The fourth-order valence-electron chi connectivity index (χ4n) is 3.48. The van der Waals surface area contributed by atoms with Crippen LogP contribution in [0, 0.1) is 0 Å². The second kappa shape index (κ2) is 8.69. The highest BCUT2D eigenvalue weighted by Gasteiger charge is 2.30. The number of carbonyl (C=O) groups excluding carboxylic acids is 1. The molecule has 0 saturated heterocycles. The Morgan fingerprint density at radius 3 is 2.81 bits per heavy atom. The number of hydrogen-bond donors (Lipinski definition) is 1. The highest BCUT2D eigenvalue weighted by Crippen LogP contribution is 2.35. The molecule has 0 bridgehead atoms. The van der Waals surface area contributed by atoms with Crippen LogP contribution in [0.25, 0.3) is 0 Å². The molecular weight excluding hydrogens is 344 g/mol. The molecule has 0 radical (unpaired) electrons. The van der Waals surface area contributed by atoms with Crippen LogP contribution in [0.5, 0.6) is 0 Å². The van der Waals surface area contributed by atoms with E-state index in [0.29, 0.717) is 13.2 Å². The van der Waals surface area contributed by atoms with Crippen molar-refractivity contribution in [2.75, 3.05) is 6.54 Å². The third kappa shape index (κ3) is 4.27. The first-order valence-corrected chi connectivity index (χ1v) is 10.3. The Kier molecular flexibility index (Phi) is 6.33. The van der Waals surface area contributed by atoms with Gasteiger partial charge in [-0.15, -0.1) is 11.3 Å². The maximum Gasteiger partial charge on any atom is 0.318 e. The molecule has 1 aliphatic heterocycles. The third-order valence-corrected chi connectivity index (χ3v) is 5.86. The molecule has 3 rings (SSSR count). The number of amides is 2. The SMILES string of the molecule is CCC1c2ccsc2CCN1C(=O)NCc1ccccc1COC(C)C. The van der Waals surface area contributed by atoms with Gasteiger partial charge >= 0.3 is 6.03 Å². The Morgan fingerprint density at radius 1 is 1.31 bits per heavy atom. The molecule has 0 fully saturated rings. The van der Waals surface area contributed by atoms with Crippen LogP contribution < -0.4 is 5.32 Å². The summed E-state index contributed by atoms with van der Waals surface area (Å²) in [5.41, 5.74) is 3.57. The number of rotatable bonds is 6. The number of nitrogens with one attached hydrogen (secondary N) is 1. The minimum atomic E-state index is 0.0216. The molecule has 1 aliphatic rings. The molecule has 1 unspecified atom stereocenters. The van der Waals surface area contributed by atoms with Gasteiger partial charge in [-0.3, -0.25) is 0 Å². The molecule has 1 atom stereocenters. The van der Waals surface area contributed by atoms with Crippen LogP contribution >= 0.6 is 11.3 Å². The van der Waals surface area contributed by atoms with Gasteiger partial charge in [-0.25, -0.2) is 4.79 Å². The molecule has 1 aromatic carbocycles. The Balaban J connectivity index is 1.64. The number of nitrogens with zero attached hydrogens (tertiary/aromatic N) is 1. The van der Waals surface area contributed by atoms with E-state index in [1.54, 1.807) is 11.3 Å². The number of thiophene rings is 1. The molecule has 2 aromatic rings. The van der Waals surface area contributed by atoms with Gasteiger partial charge in [-0.05, 0) is 54.8 Å². The minimum Gasteiger partial charge on any atom is -0.374 e. The molecule has 2 amide bonds. The summed E-state index contributed by atoms with van der Waals surface area (Å²) >= 11 is 1.81. The van der Waals surface area contributed by atoms with E-state index in [1.807, 2.05) is 30.9 Å². The van der Waals surface area contributed by atoms with Gasteiger partial charge < -0.3 is 15.0 Å². The van der Waals surface area contributed by atoms with Gasteiger partial charge in [-0.1, -0.05) is 31.2 Å². The smallest absolute Gasteiger partial charge is 0.318 e. The number of benzene rings is 1. The van der Waals surface area contributed by atoms with E-state index < -0.39 is 0 Å². The van der Waals surface area contributed by atoms with E-state index in [9.17, 15) is 4.79 Å². The predicted molar refractivity (Wildman–Crippen MR) is 106 cm³/mol. The lowest BCUT2D eigenvalue weighted by atomic mass is 9.98. The number of fused-ring (bicyclic) bond motifs is 1. The monoisotopic (exact) mass is 372 g/mol. The van der Waals surface area contributed by atoms with Gasteiger partial charge in [0.05, 0.1) is 18.8 Å². The van der Waals surface area contributed by atoms with Crippen LogP contribution in [0.1, 0.15) is 54.8 Å². The zero-order chi connectivity index (χ0) is 18.5. The van der Waals surface area contributed by atoms with Crippen LogP contribution in [-0.4, -0.2) is 23.6 Å². The highest BCUT2D eigenvalue weighted by molar-refractivity contribution is 7.10. The molecule has 5 heteroatoms. The summed E-state index contributed by atoms with van der Waals surface area (Å²) < 4.78 is 5.73. The summed E-state index contributed by atoms with van der Waals surface area (Å²) in [7, 11) is 0. The molecule has 140 valence electrons. The summed E-state index contributed by atoms with van der Waals surface area (Å²) in [6.07, 6.45) is 2.09. The van der Waals surface area contributed by atoms with Crippen molar-refractivity contribution >= 4 is 17.4 Å². The Labute approximate surface area is 160 Å².